The highest BCUT2D eigenvalue weighted by Crippen LogP contribution is 2.38. The van der Waals surface area contributed by atoms with Gasteiger partial charge in [-0.25, -0.2) is 0 Å². The maximum Gasteiger partial charge on any atom is 0.231 e. The smallest absolute Gasteiger partial charge is 0.231 e. The summed E-state index contributed by atoms with van der Waals surface area (Å²) in [6.45, 7) is 7.66. The number of nitrogens with one attached hydrogen (secondary N) is 1. The number of rotatable bonds is 7. The molecule has 1 saturated carbocycles. The van der Waals surface area contributed by atoms with Crippen LogP contribution in [-0.4, -0.2) is 19.4 Å². The first-order chi connectivity index (χ1) is 9.72. The second-order valence-electron chi connectivity index (χ2n) is 5.52. The summed E-state index contributed by atoms with van der Waals surface area (Å²) in [5.74, 6) is 2.46. The molecule has 0 radical (unpaired) electrons. The third-order valence-electron chi connectivity index (χ3n) is 3.50. The fourth-order valence-electron chi connectivity index (χ4n) is 2.11. The number of benzene rings is 1. The van der Waals surface area contributed by atoms with Gasteiger partial charge in [-0.15, -0.1) is 6.58 Å². The van der Waals surface area contributed by atoms with Crippen LogP contribution in [0.1, 0.15) is 31.7 Å². The van der Waals surface area contributed by atoms with Crippen molar-refractivity contribution < 1.29 is 14.2 Å². The number of ether oxygens (including phenoxy) is 3. The van der Waals surface area contributed by atoms with Crippen molar-refractivity contribution in [2.75, 3.05) is 13.4 Å². The molecule has 0 saturated heterocycles. The molecule has 0 bridgehead atoms. The number of fused-ring (bicyclic) bond motifs is 1. The lowest BCUT2D eigenvalue weighted by Crippen LogP contribution is -2.16. The summed E-state index contributed by atoms with van der Waals surface area (Å²) in [6, 6.07) is 4.63. The summed E-state index contributed by atoms with van der Waals surface area (Å²) in [4.78, 5) is 0. The van der Waals surface area contributed by atoms with Crippen LogP contribution < -0.4 is 19.5 Å². The van der Waals surface area contributed by atoms with Crippen molar-refractivity contribution >= 4 is 0 Å². The Morgan fingerprint density at radius 2 is 2.10 bits per heavy atom. The Hall–Kier alpha value is -1.68. The quantitative estimate of drug-likeness (QED) is 0.776. The molecule has 3 rings (SSSR count). The average molecular weight is 275 g/mol. The van der Waals surface area contributed by atoms with E-state index in [9.17, 15) is 0 Å². The van der Waals surface area contributed by atoms with E-state index in [0.717, 1.165) is 41.4 Å². The van der Waals surface area contributed by atoms with Crippen molar-refractivity contribution in [1.82, 2.24) is 5.32 Å². The highest BCUT2D eigenvalue weighted by molar-refractivity contribution is 5.51. The summed E-state index contributed by atoms with van der Waals surface area (Å²) in [5, 5.41) is 3.51. The molecule has 1 aliphatic carbocycles. The summed E-state index contributed by atoms with van der Waals surface area (Å²) in [5.41, 5.74) is 2.26. The van der Waals surface area contributed by atoms with Crippen LogP contribution in [-0.2, 0) is 6.54 Å². The van der Waals surface area contributed by atoms with Crippen LogP contribution in [0.4, 0.5) is 0 Å². The predicted molar refractivity (Wildman–Crippen MR) is 77.4 cm³/mol. The van der Waals surface area contributed by atoms with E-state index in [0.29, 0.717) is 19.4 Å². The molecular formula is C16H21NO3. The Bertz CT molecular complexity index is 509. The molecule has 0 unspecified atom stereocenters. The summed E-state index contributed by atoms with van der Waals surface area (Å²) >= 11 is 0. The average Bonchev–Trinajstić information content (AvgIpc) is 3.13. The van der Waals surface area contributed by atoms with Crippen molar-refractivity contribution in [3.63, 3.8) is 0 Å². The van der Waals surface area contributed by atoms with E-state index in [1.807, 2.05) is 19.1 Å². The third kappa shape index (κ3) is 3.25. The molecule has 1 fully saturated rings. The largest absolute Gasteiger partial charge is 0.493 e. The molecule has 20 heavy (non-hydrogen) atoms. The van der Waals surface area contributed by atoms with Crippen LogP contribution in [0.5, 0.6) is 17.2 Å². The standard InChI is InChI=1S/C16H21NO3/c1-11(2)5-6-18-14-8-16-15(19-10-20-16)7-12(14)9-17-13-3-4-13/h7-8,13,17H,1,3-6,9-10H2,2H3. The Kier molecular flexibility index (Phi) is 3.83. The number of hydrogen-bond donors (Lipinski definition) is 1. The second kappa shape index (κ2) is 5.75. The van der Waals surface area contributed by atoms with Gasteiger partial charge < -0.3 is 19.5 Å². The normalized spacial score (nSPS) is 16.2. The van der Waals surface area contributed by atoms with Crippen LogP contribution in [0.15, 0.2) is 24.3 Å². The minimum atomic E-state index is 0.292. The molecule has 0 atom stereocenters. The van der Waals surface area contributed by atoms with E-state index in [2.05, 4.69) is 11.9 Å². The fourth-order valence-corrected chi connectivity index (χ4v) is 2.11. The molecule has 0 spiro atoms. The molecule has 1 N–H and O–H groups in total. The molecule has 4 nitrogen and oxygen atoms in total. The monoisotopic (exact) mass is 275 g/mol. The van der Waals surface area contributed by atoms with Gasteiger partial charge in [0, 0.05) is 30.6 Å². The Morgan fingerprint density at radius 1 is 1.35 bits per heavy atom. The lowest BCUT2D eigenvalue weighted by atomic mass is 10.1. The van der Waals surface area contributed by atoms with Crippen molar-refractivity contribution in [3.8, 4) is 17.2 Å². The van der Waals surface area contributed by atoms with Gasteiger partial charge in [0.15, 0.2) is 11.5 Å². The lowest BCUT2D eigenvalue weighted by Gasteiger charge is -2.13. The SMILES string of the molecule is C=C(C)CCOc1cc2c(cc1CNC1CC1)OCO2. The minimum absolute atomic E-state index is 0.292. The van der Waals surface area contributed by atoms with Gasteiger partial charge in [0.2, 0.25) is 6.79 Å². The summed E-state index contributed by atoms with van der Waals surface area (Å²) in [6.07, 6.45) is 3.41. The molecule has 1 aromatic rings. The van der Waals surface area contributed by atoms with Gasteiger partial charge in [0.25, 0.3) is 0 Å². The van der Waals surface area contributed by atoms with E-state index in [-0.39, 0.29) is 0 Å². The van der Waals surface area contributed by atoms with E-state index in [1.54, 1.807) is 0 Å². The third-order valence-corrected chi connectivity index (χ3v) is 3.50. The molecule has 1 aliphatic heterocycles. The topological polar surface area (TPSA) is 39.7 Å². The van der Waals surface area contributed by atoms with Crippen molar-refractivity contribution in [3.05, 3.63) is 29.8 Å². The van der Waals surface area contributed by atoms with Gasteiger partial charge in [-0.1, -0.05) is 5.57 Å². The number of hydrogen-bond acceptors (Lipinski definition) is 4. The van der Waals surface area contributed by atoms with Gasteiger partial charge in [-0.2, -0.15) is 0 Å². The van der Waals surface area contributed by atoms with E-state index >= 15 is 0 Å². The lowest BCUT2D eigenvalue weighted by molar-refractivity contribution is 0.173. The Labute approximate surface area is 119 Å². The van der Waals surface area contributed by atoms with Gasteiger partial charge in [-0.3, -0.25) is 0 Å². The van der Waals surface area contributed by atoms with Crippen LogP contribution in [0, 0.1) is 0 Å². The maximum absolute atomic E-state index is 5.89. The zero-order valence-electron chi connectivity index (χ0n) is 11.9. The van der Waals surface area contributed by atoms with Crippen LogP contribution in [0.3, 0.4) is 0 Å². The molecule has 4 heteroatoms. The van der Waals surface area contributed by atoms with Crippen LogP contribution >= 0.6 is 0 Å². The molecular weight excluding hydrogens is 254 g/mol. The molecule has 1 aromatic carbocycles. The second-order valence-corrected chi connectivity index (χ2v) is 5.52. The first-order valence-corrected chi connectivity index (χ1v) is 7.15. The van der Waals surface area contributed by atoms with E-state index in [4.69, 9.17) is 14.2 Å². The van der Waals surface area contributed by atoms with Crippen molar-refractivity contribution in [2.45, 2.75) is 38.8 Å². The fraction of sp³-hybridized carbons (Fsp3) is 0.500. The van der Waals surface area contributed by atoms with E-state index < -0.39 is 0 Å². The highest BCUT2D eigenvalue weighted by atomic mass is 16.7. The van der Waals surface area contributed by atoms with Gasteiger partial charge in [-0.05, 0) is 25.8 Å². The van der Waals surface area contributed by atoms with E-state index in [1.165, 1.54) is 12.8 Å². The maximum atomic E-state index is 5.89. The zero-order valence-corrected chi connectivity index (χ0v) is 11.9. The minimum Gasteiger partial charge on any atom is -0.493 e. The first kappa shape index (κ1) is 13.3. The molecule has 0 amide bonds. The summed E-state index contributed by atoms with van der Waals surface area (Å²) in [7, 11) is 0. The predicted octanol–water partition coefficient (Wildman–Crippen LogP) is 3.01. The van der Waals surface area contributed by atoms with Crippen molar-refractivity contribution in [2.24, 2.45) is 0 Å². The Balaban J connectivity index is 1.71. The summed E-state index contributed by atoms with van der Waals surface area (Å²) < 4.78 is 16.7. The van der Waals surface area contributed by atoms with Crippen molar-refractivity contribution in [1.29, 1.82) is 0 Å². The molecule has 2 aliphatic rings. The highest BCUT2D eigenvalue weighted by Gasteiger charge is 2.22. The van der Waals surface area contributed by atoms with Crippen LogP contribution in [0.25, 0.3) is 0 Å². The Morgan fingerprint density at radius 3 is 2.80 bits per heavy atom. The zero-order chi connectivity index (χ0) is 13.9. The van der Waals surface area contributed by atoms with Gasteiger partial charge in [0.05, 0.1) is 6.61 Å². The molecule has 0 aromatic heterocycles. The van der Waals surface area contributed by atoms with Gasteiger partial charge >= 0.3 is 0 Å². The van der Waals surface area contributed by atoms with Gasteiger partial charge in [0.1, 0.15) is 5.75 Å². The van der Waals surface area contributed by atoms with Crippen LogP contribution in [0.2, 0.25) is 0 Å². The molecule has 1 heterocycles. The molecule has 108 valence electrons. The first-order valence-electron chi connectivity index (χ1n) is 7.15.